The Morgan fingerprint density at radius 1 is 1.13 bits per heavy atom. The second kappa shape index (κ2) is 7.98. The van der Waals surface area contributed by atoms with Crippen molar-refractivity contribution < 1.29 is 9.59 Å². The lowest BCUT2D eigenvalue weighted by atomic mass is 9.45. The van der Waals surface area contributed by atoms with E-state index in [-0.39, 0.29) is 16.7 Å². The predicted octanol–water partition coefficient (Wildman–Crippen LogP) is 6.12. The summed E-state index contributed by atoms with van der Waals surface area (Å²) >= 11 is 0. The maximum absolute atomic E-state index is 12.8. The highest BCUT2D eigenvalue weighted by Gasteiger charge is 2.61. The monoisotopic (exact) mass is 419 g/mol. The highest BCUT2D eigenvalue weighted by Crippen LogP contribution is 2.68. The molecule has 0 unspecified atom stereocenters. The molecule has 1 aromatic heterocycles. The molecule has 0 bridgehead atoms. The molecule has 1 heterocycles. The zero-order valence-corrected chi connectivity index (χ0v) is 19.2. The Labute approximate surface area is 187 Å². The summed E-state index contributed by atoms with van der Waals surface area (Å²) in [7, 11) is 0. The third kappa shape index (κ3) is 3.43. The SMILES string of the molecule is CC(=O)[C@H]1CC[C@H]2[C@@H]3CCC4=CC(=O)CC[C@]4(C)[C@H]3CC[C@]12CCCc1cccnc1. The first kappa shape index (κ1) is 21.1. The molecule has 3 fully saturated rings. The van der Waals surface area contributed by atoms with E-state index in [0.717, 1.165) is 44.4 Å². The lowest BCUT2D eigenvalue weighted by molar-refractivity contribution is -0.130. The number of nitrogens with zero attached hydrogens (tertiary/aromatic N) is 1. The van der Waals surface area contributed by atoms with Gasteiger partial charge in [-0.3, -0.25) is 14.6 Å². The Morgan fingerprint density at radius 2 is 2.00 bits per heavy atom. The summed E-state index contributed by atoms with van der Waals surface area (Å²) in [6.45, 7) is 4.30. The standard InChI is InChI=1S/C28H37NO2/c1-19(30)24-9-10-26-23-8-7-21-17-22(31)11-14-27(21,2)25(23)12-15-28(24,26)13-3-5-20-6-4-16-29-18-20/h4,6,16-18,23-26H,3,5,7-15H2,1-2H3/t23-,24-,25+,26+,27+,28-/m1/s1. The van der Waals surface area contributed by atoms with Gasteiger partial charge in [0, 0.05) is 24.7 Å². The highest BCUT2D eigenvalue weighted by molar-refractivity contribution is 5.91. The fourth-order valence-electron chi connectivity index (χ4n) is 8.63. The second-order valence-electron chi connectivity index (χ2n) is 11.2. The lowest BCUT2D eigenvalue weighted by Gasteiger charge is -2.59. The van der Waals surface area contributed by atoms with Crippen molar-refractivity contribution in [2.45, 2.75) is 84.5 Å². The third-order valence-electron chi connectivity index (χ3n) is 10.00. The first-order valence-corrected chi connectivity index (χ1v) is 12.6. The molecule has 0 N–H and O–H groups in total. The molecule has 0 amide bonds. The van der Waals surface area contributed by atoms with Gasteiger partial charge in [-0.25, -0.2) is 0 Å². The van der Waals surface area contributed by atoms with Crippen molar-refractivity contribution in [2.24, 2.45) is 34.5 Å². The average molecular weight is 420 g/mol. The number of allylic oxidation sites excluding steroid dienone is 1. The van der Waals surface area contributed by atoms with Crippen LogP contribution in [0.4, 0.5) is 0 Å². The number of fused-ring (bicyclic) bond motifs is 5. The Kier molecular flexibility index (Phi) is 5.43. The molecule has 5 rings (SSSR count). The smallest absolute Gasteiger partial charge is 0.155 e. The van der Waals surface area contributed by atoms with E-state index in [1.807, 2.05) is 31.5 Å². The summed E-state index contributed by atoms with van der Waals surface area (Å²) in [6.07, 6.45) is 18.1. The molecular formula is C28H37NO2. The molecule has 4 aliphatic rings. The molecule has 0 spiro atoms. The molecule has 3 heteroatoms. The topological polar surface area (TPSA) is 47.0 Å². The van der Waals surface area contributed by atoms with Gasteiger partial charge in [0.05, 0.1) is 0 Å². The second-order valence-corrected chi connectivity index (χ2v) is 11.2. The molecule has 4 aliphatic carbocycles. The highest BCUT2D eigenvalue weighted by atomic mass is 16.1. The van der Waals surface area contributed by atoms with E-state index in [4.69, 9.17) is 0 Å². The van der Waals surface area contributed by atoms with Crippen LogP contribution < -0.4 is 0 Å². The van der Waals surface area contributed by atoms with Gasteiger partial charge in [0.1, 0.15) is 5.78 Å². The van der Waals surface area contributed by atoms with E-state index in [1.54, 1.807) is 0 Å². The summed E-state index contributed by atoms with van der Waals surface area (Å²) in [4.78, 5) is 29.1. The number of ketones is 2. The van der Waals surface area contributed by atoms with Crippen LogP contribution in [-0.2, 0) is 16.0 Å². The molecule has 0 radical (unpaired) electrons. The van der Waals surface area contributed by atoms with Crippen LogP contribution in [0.3, 0.4) is 0 Å². The van der Waals surface area contributed by atoms with Crippen molar-refractivity contribution in [3.63, 3.8) is 0 Å². The summed E-state index contributed by atoms with van der Waals surface area (Å²) in [6, 6.07) is 4.20. The van der Waals surface area contributed by atoms with Crippen molar-refractivity contribution in [2.75, 3.05) is 0 Å². The van der Waals surface area contributed by atoms with Crippen molar-refractivity contribution in [1.29, 1.82) is 0 Å². The number of aryl methyl sites for hydroxylation is 1. The molecule has 166 valence electrons. The van der Waals surface area contributed by atoms with Gasteiger partial charge in [-0.2, -0.15) is 0 Å². The first-order valence-electron chi connectivity index (χ1n) is 12.6. The average Bonchev–Trinajstić information content (AvgIpc) is 3.15. The van der Waals surface area contributed by atoms with Gasteiger partial charge in [-0.1, -0.05) is 18.6 Å². The van der Waals surface area contributed by atoms with Crippen molar-refractivity contribution >= 4 is 11.6 Å². The van der Waals surface area contributed by atoms with Crippen LogP contribution in [0.2, 0.25) is 0 Å². The van der Waals surface area contributed by atoms with Crippen LogP contribution in [0.25, 0.3) is 0 Å². The summed E-state index contributed by atoms with van der Waals surface area (Å²) in [5.74, 6) is 3.13. The van der Waals surface area contributed by atoms with Gasteiger partial charge in [0.15, 0.2) is 5.78 Å². The normalized spacial score (nSPS) is 39.3. The van der Waals surface area contributed by atoms with Crippen LogP contribution in [-0.4, -0.2) is 16.6 Å². The van der Waals surface area contributed by atoms with E-state index in [2.05, 4.69) is 18.0 Å². The van der Waals surface area contributed by atoms with Crippen LogP contribution in [0, 0.1) is 34.5 Å². The minimum atomic E-state index is 0.206. The molecule has 1 aromatic rings. The molecule has 0 saturated heterocycles. The van der Waals surface area contributed by atoms with Gasteiger partial charge >= 0.3 is 0 Å². The summed E-state index contributed by atoms with van der Waals surface area (Å²) in [5.41, 5.74) is 3.17. The number of carbonyl (C=O) groups excluding carboxylic acids is 2. The minimum absolute atomic E-state index is 0.206. The third-order valence-corrected chi connectivity index (χ3v) is 10.00. The Bertz CT molecular complexity index is 890. The van der Waals surface area contributed by atoms with Crippen LogP contribution in [0.5, 0.6) is 0 Å². The van der Waals surface area contributed by atoms with Crippen LogP contribution in [0.15, 0.2) is 36.2 Å². The number of aromatic nitrogens is 1. The number of hydrogen-bond donors (Lipinski definition) is 0. The van der Waals surface area contributed by atoms with Gasteiger partial charge in [0.2, 0.25) is 0 Å². The first-order chi connectivity index (χ1) is 14.9. The molecule has 6 atom stereocenters. The lowest BCUT2D eigenvalue weighted by Crippen LogP contribution is -2.52. The van der Waals surface area contributed by atoms with Gasteiger partial charge in [0.25, 0.3) is 0 Å². The quantitative estimate of drug-likeness (QED) is 0.577. The fourth-order valence-corrected chi connectivity index (χ4v) is 8.63. The zero-order chi connectivity index (χ0) is 21.6. The molecule has 3 saturated carbocycles. The van der Waals surface area contributed by atoms with E-state index in [9.17, 15) is 9.59 Å². The Morgan fingerprint density at radius 3 is 2.77 bits per heavy atom. The molecule has 31 heavy (non-hydrogen) atoms. The molecule has 0 aromatic carbocycles. The van der Waals surface area contributed by atoms with Crippen molar-refractivity contribution in [3.05, 3.63) is 41.7 Å². The maximum Gasteiger partial charge on any atom is 0.155 e. The largest absolute Gasteiger partial charge is 0.300 e. The van der Waals surface area contributed by atoms with Gasteiger partial charge in [-0.05, 0) is 117 Å². The van der Waals surface area contributed by atoms with Crippen molar-refractivity contribution in [1.82, 2.24) is 4.98 Å². The van der Waals surface area contributed by atoms with E-state index < -0.39 is 0 Å². The van der Waals surface area contributed by atoms with E-state index in [1.165, 1.54) is 43.2 Å². The summed E-state index contributed by atoms with van der Waals surface area (Å²) in [5, 5.41) is 0. The minimum Gasteiger partial charge on any atom is -0.300 e. The van der Waals surface area contributed by atoms with Gasteiger partial charge < -0.3 is 0 Å². The zero-order valence-electron chi connectivity index (χ0n) is 19.2. The number of Topliss-reactive ketones (excluding diaryl/α,β-unsaturated/α-hetero) is 1. The van der Waals surface area contributed by atoms with Gasteiger partial charge in [-0.15, -0.1) is 0 Å². The molecule has 3 nitrogen and oxygen atoms in total. The van der Waals surface area contributed by atoms with E-state index in [0.29, 0.717) is 23.4 Å². The molecule has 0 aliphatic heterocycles. The van der Waals surface area contributed by atoms with Crippen LogP contribution >= 0.6 is 0 Å². The van der Waals surface area contributed by atoms with E-state index >= 15 is 0 Å². The number of hydrogen-bond acceptors (Lipinski definition) is 3. The number of rotatable bonds is 5. The summed E-state index contributed by atoms with van der Waals surface area (Å²) < 4.78 is 0. The number of pyridine rings is 1. The maximum atomic E-state index is 12.8. The fraction of sp³-hybridized carbons (Fsp3) is 0.679. The number of carbonyl (C=O) groups is 2. The van der Waals surface area contributed by atoms with Crippen LogP contribution in [0.1, 0.15) is 83.6 Å². The Balaban J connectivity index is 1.40. The molecular weight excluding hydrogens is 382 g/mol. The Hall–Kier alpha value is -1.77. The van der Waals surface area contributed by atoms with Crippen molar-refractivity contribution in [3.8, 4) is 0 Å². The predicted molar refractivity (Wildman–Crippen MR) is 122 cm³/mol.